The number of nitrogens with zero attached hydrogens (tertiary/aromatic N) is 1. The number of amides is 2. The molecule has 1 aliphatic rings. The minimum absolute atomic E-state index is 0.240. The van der Waals surface area contributed by atoms with Gasteiger partial charge >= 0.3 is 0 Å². The minimum Gasteiger partial charge on any atom is -0.329 e. The van der Waals surface area contributed by atoms with E-state index in [9.17, 15) is 9.59 Å². The summed E-state index contributed by atoms with van der Waals surface area (Å²) >= 11 is 0. The van der Waals surface area contributed by atoms with Crippen molar-refractivity contribution < 1.29 is 9.59 Å². The van der Waals surface area contributed by atoms with Crippen molar-refractivity contribution >= 4 is 11.8 Å². The summed E-state index contributed by atoms with van der Waals surface area (Å²) in [7, 11) is 0. The van der Waals surface area contributed by atoms with E-state index in [0.717, 1.165) is 0 Å². The van der Waals surface area contributed by atoms with Gasteiger partial charge in [0, 0.05) is 13.1 Å². The maximum atomic E-state index is 11.6. The molecule has 0 atom stereocenters. The molecular formula is C10H10N2O2. The number of hydrogen-bond donors (Lipinski definition) is 1. The van der Waals surface area contributed by atoms with Crippen LogP contribution in [0.1, 0.15) is 20.7 Å². The van der Waals surface area contributed by atoms with Crippen LogP contribution in [0.4, 0.5) is 0 Å². The predicted octanol–water partition coefficient (Wildman–Crippen LogP) is 0.241. The van der Waals surface area contributed by atoms with Gasteiger partial charge in [-0.3, -0.25) is 14.5 Å². The zero-order chi connectivity index (χ0) is 10.1. The van der Waals surface area contributed by atoms with Gasteiger partial charge in [-0.1, -0.05) is 12.1 Å². The van der Waals surface area contributed by atoms with Crippen LogP contribution in [0.15, 0.2) is 24.3 Å². The Labute approximate surface area is 81.3 Å². The van der Waals surface area contributed by atoms with E-state index < -0.39 is 0 Å². The molecule has 4 nitrogen and oxygen atoms in total. The van der Waals surface area contributed by atoms with E-state index in [2.05, 4.69) is 0 Å². The third-order valence-corrected chi connectivity index (χ3v) is 2.23. The molecule has 0 fully saturated rings. The fraction of sp³-hybridized carbons (Fsp3) is 0.200. The lowest BCUT2D eigenvalue weighted by molar-refractivity contribution is 0.0659. The standard InChI is InChI=1S/C10H10N2O2/c11-5-6-12-9(13)7-3-1-2-4-8(7)10(12)14/h1-4H,5-6,11H2. The average Bonchev–Trinajstić information content (AvgIpc) is 2.45. The van der Waals surface area contributed by atoms with Crippen LogP contribution in [0, 0.1) is 0 Å². The maximum absolute atomic E-state index is 11.6. The Hall–Kier alpha value is -1.68. The monoisotopic (exact) mass is 190 g/mol. The lowest BCUT2D eigenvalue weighted by Crippen LogP contribution is -2.34. The number of nitrogens with two attached hydrogens (primary N) is 1. The number of imide groups is 1. The molecule has 2 N–H and O–H groups in total. The number of carbonyl (C=O) groups excluding carboxylic acids is 2. The molecule has 0 radical (unpaired) electrons. The summed E-state index contributed by atoms with van der Waals surface area (Å²) in [6.07, 6.45) is 0. The van der Waals surface area contributed by atoms with Gasteiger partial charge in [-0.2, -0.15) is 0 Å². The lowest BCUT2D eigenvalue weighted by Gasteiger charge is -2.10. The van der Waals surface area contributed by atoms with Crippen LogP contribution in [-0.2, 0) is 0 Å². The third kappa shape index (κ3) is 1.12. The van der Waals surface area contributed by atoms with Gasteiger partial charge in [0.05, 0.1) is 11.1 Å². The van der Waals surface area contributed by atoms with E-state index in [1.54, 1.807) is 24.3 Å². The van der Waals surface area contributed by atoms with Gasteiger partial charge in [0.1, 0.15) is 0 Å². The van der Waals surface area contributed by atoms with E-state index >= 15 is 0 Å². The summed E-state index contributed by atoms with van der Waals surface area (Å²) < 4.78 is 0. The Morgan fingerprint density at radius 1 is 1.07 bits per heavy atom. The molecule has 1 aromatic carbocycles. The van der Waals surface area contributed by atoms with Crippen molar-refractivity contribution in [3.63, 3.8) is 0 Å². The van der Waals surface area contributed by atoms with Gasteiger partial charge in [-0.25, -0.2) is 0 Å². The second-order valence-corrected chi connectivity index (χ2v) is 3.10. The summed E-state index contributed by atoms with van der Waals surface area (Å²) in [5.41, 5.74) is 6.28. The molecule has 0 saturated carbocycles. The molecule has 0 unspecified atom stereocenters. The Kier molecular flexibility index (Phi) is 2.05. The minimum atomic E-state index is -0.240. The normalized spacial score (nSPS) is 14.8. The van der Waals surface area contributed by atoms with Crippen molar-refractivity contribution in [1.82, 2.24) is 4.90 Å². The molecule has 14 heavy (non-hydrogen) atoms. The SMILES string of the molecule is NCCN1C(=O)c2ccccc2C1=O. The molecule has 2 rings (SSSR count). The van der Waals surface area contributed by atoms with Crippen LogP contribution in [-0.4, -0.2) is 29.8 Å². The fourth-order valence-corrected chi connectivity index (χ4v) is 1.57. The van der Waals surface area contributed by atoms with E-state index in [1.807, 2.05) is 0 Å². The van der Waals surface area contributed by atoms with Gasteiger partial charge in [0.25, 0.3) is 11.8 Å². The van der Waals surface area contributed by atoms with Crippen molar-refractivity contribution in [2.24, 2.45) is 5.73 Å². The highest BCUT2D eigenvalue weighted by atomic mass is 16.2. The van der Waals surface area contributed by atoms with Crippen molar-refractivity contribution in [3.8, 4) is 0 Å². The largest absolute Gasteiger partial charge is 0.329 e. The first-order valence-corrected chi connectivity index (χ1v) is 4.41. The molecule has 1 aromatic rings. The summed E-state index contributed by atoms with van der Waals surface area (Å²) in [5, 5.41) is 0. The number of benzene rings is 1. The van der Waals surface area contributed by atoms with Crippen LogP contribution in [0.25, 0.3) is 0 Å². The molecule has 2 amide bonds. The summed E-state index contributed by atoms with van der Waals surface area (Å²) in [6.45, 7) is 0.581. The molecule has 1 heterocycles. The zero-order valence-electron chi connectivity index (χ0n) is 7.56. The molecule has 0 aromatic heterocycles. The lowest BCUT2D eigenvalue weighted by atomic mass is 10.1. The Morgan fingerprint density at radius 3 is 2.00 bits per heavy atom. The number of hydrogen-bond acceptors (Lipinski definition) is 3. The molecule has 0 spiro atoms. The molecule has 72 valence electrons. The second kappa shape index (κ2) is 3.23. The van der Waals surface area contributed by atoms with Crippen molar-refractivity contribution in [2.45, 2.75) is 0 Å². The third-order valence-electron chi connectivity index (χ3n) is 2.23. The number of fused-ring (bicyclic) bond motifs is 1. The Morgan fingerprint density at radius 2 is 1.57 bits per heavy atom. The predicted molar refractivity (Wildman–Crippen MR) is 50.9 cm³/mol. The van der Waals surface area contributed by atoms with Gasteiger partial charge < -0.3 is 5.73 Å². The zero-order valence-corrected chi connectivity index (χ0v) is 7.56. The number of carbonyl (C=O) groups is 2. The average molecular weight is 190 g/mol. The molecule has 0 bridgehead atoms. The van der Waals surface area contributed by atoms with E-state index in [4.69, 9.17) is 5.73 Å². The van der Waals surface area contributed by atoms with E-state index in [-0.39, 0.29) is 18.4 Å². The van der Waals surface area contributed by atoms with Gasteiger partial charge in [0.2, 0.25) is 0 Å². The van der Waals surface area contributed by atoms with Crippen LogP contribution >= 0.6 is 0 Å². The molecule has 1 aliphatic heterocycles. The first-order valence-electron chi connectivity index (χ1n) is 4.41. The summed E-state index contributed by atoms with van der Waals surface area (Å²) in [6, 6.07) is 6.81. The number of rotatable bonds is 2. The second-order valence-electron chi connectivity index (χ2n) is 3.10. The van der Waals surface area contributed by atoms with Gasteiger partial charge in [0.15, 0.2) is 0 Å². The quantitative estimate of drug-likeness (QED) is 0.679. The van der Waals surface area contributed by atoms with Gasteiger partial charge in [-0.15, -0.1) is 0 Å². The first-order chi connectivity index (χ1) is 6.75. The van der Waals surface area contributed by atoms with E-state index in [1.165, 1.54) is 4.90 Å². The highest BCUT2D eigenvalue weighted by Gasteiger charge is 2.34. The highest BCUT2D eigenvalue weighted by molar-refractivity contribution is 6.21. The Bertz CT molecular complexity index is 366. The fourth-order valence-electron chi connectivity index (χ4n) is 1.57. The van der Waals surface area contributed by atoms with Crippen molar-refractivity contribution in [2.75, 3.05) is 13.1 Å². The topological polar surface area (TPSA) is 63.4 Å². The van der Waals surface area contributed by atoms with Crippen LogP contribution in [0.2, 0.25) is 0 Å². The smallest absolute Gasteiger partial charge is 0.261 e. The molecule has 0 aliphatic carbocycles. The maximum Gasteiger partial charge on any atom is 0.261 e. The highest BCUT2D eigenvalue weighted by Crippen LogP contribution is 2.21. The van der Waals surface area contributed by atoms with Crippen LogP contribution in [0.3, 0.4) is 0 Å². The molecular weight excluding hydrogens is 180 g/mol. The summed E-state index contributed by atoms with van der Waals surface area (Å²) in [5.74, 6) is -0.480. The van der Waals surface area contributed by atoms with E-state index in [0.29, 0.717) is 17.7 Å². The van der Waals surface area contributed by atoms with Crippen LogP contribution in [0.5, 0.6) is 0 Å². The summed E-state index contributed by atoms with van der Waals surface area (Å²) in [4.78, 5) is 24.5. The Balaban J connectivity index is 2.43. The van der Waals surface area contributed by atoms with Gasteiger partial charge in [-0.05, 0) is 12.1 Å². The van der Waals surface area contributed by atoms with Crippen LogP contribution < -0.4 is 5.73 Å². The molecule has 4 heteroatoms. The van der Waals surface area contributed by atoms with Crippen molar-refractivity contribution in [3.05, 3.63) is 35.4 Å². The first kappa shape index (κ1) is 8.90. The molecule has 0 saturated heterocycles. The van der Waals surface area contributed by atoms with Crippen molar-refractivity contribution in [1.29, 1.82) is 0 Å².